The second-order valence-corrected chi connectivity index (χ2v) is 4.88. The van der Waals surface area contributed by atoms with Gasteiger partial charge in [-0.2, -0.15) is 0 Å². The predicted molar refractivity (Wildman–Crippen MR) is 71.7 cm³/mol. The van der Waals surface area contributed by atoms with Crippen molar-refractivity contribution in [3.05, 3.63) is 45.7 Å². The zero-order valence-corrected chi connectivity index (χ0v) is 11.0. The number of pyridine rings is 1. The van der Waals surface area contributed by atoms with Crippen molar-refractivity contribution in [2.24, 2.45) is 5.73 Å². The van der Waals surface area contributed by atoms with Gasteiger partial charge < -0.3 is 5.73 Å². The molecule has 2 heterocycles. The Morgan fingerprint density at radius 3 is 2.83 bits per heavy atom. The first-order valence-corrected chi connectivity index (χ1v) is 6.72. The third kappa shape index (κ3) is 3.00. The first kappa shape index (κ1) is 12.9. The Bertz CT molecular complexity index is 533. The molecule has 0 aliphatic heterocycles. The van der Waals surface area contributed by atoms with E-state index in [-0.39, 0.29) is 12.2 Å². The highest BCUT2D eigenvalue weighted by Gasteiger charge is 2.11. The van der Waals surface area contributed by atoms with Crippen LogP contribution in [0.1, 0.15) is 33.7 Å². The van der Waals surface area contributed by atoms with Crippen LogP contribution < -0.4 is 5.73 Å². The summed E-state index contributed by atoms with van der Waals surface area (Å²) in [6.45, 7) is 2.45. The molecule has 0 fully saturated rings. The topological polar surface area (TPSA) is 68.9 Å². The number of aromatic nitrogens is 2. The maximum absolute atomic E-state index is 12.0. The van der Waals surface area contributed by atoms with Crippen molar-refractivity contribution in [3.63, 3.8) is 0 Å². The van der Waals surface area contributed by atoms with Gasteiger partial charge in [0.25, 0.3) is 0 Å². The van der Waals surface area contributed by atoms with Crippen molar-refractivity contribution >= 4 is 17.1 Å². The summed E-state index contributed by atoms with van der Waals surface area (Å²) in [6, 6.07) is 3.90. The van der Waals surface area contributed by atoms with E-state index in [9.17, 15) is 4.79 Å². The number of Topliss-reactive ketones (excluding diaryl/α,β-unsaturated/α-hetero) is 1. The van der Waals surface area contributed by atoms with E-state index in [2.05, 4.69) is 16.9 Å². The molecule has 0 aliphatic carbocycles. The summed E-state index contributed by atoms with van der Waals surface area (Å²) in [5, 5.41) is 2.54. The highest BCUT2D eigenvalue weighted by Crippen LogP contribution is 2.11. The highest BCUT2D eigenvalue weighted by atomic mass is 32.1. The van der Waals surface area contributed by atoms with E-state index in [1.165, 1.54) is 16.9 Å². The number of nitrogens with zero attached hydrogens (tertiary/aromatic N) is 2. The van der Waals surface area contributed by atoms with Gasteiger partial charge in [0, 0.05) is 23.8 Å². The van der Waals surface area contributed by atoms with Gasteiger partial charge in [-0.15, -0.1) is 11.3 Å². The van der Waals surface area contributed by atoms with Gasteiger partial charge in [0.1, 0.15) is 10.7 Å². The van der Waals surface area contributed by atoms with Crippen LogP contribution in [0.4, 0.5) is 0 Å². The van der Waals surface area contributed by atoms with Gasteiger partial charge in [0.05, 0.1) is 6.42 Å². The minimum absolute atomic E-state index is 0.0114. The minimum Gasteiger partial charge on any atom is -0.325 e. The summed E-state index contributed by atoms with van der Waals surface area (Å²) in [6.07, 6.45) is 3.06. The Morgan fingerprint density at radius 2 is 2.28 bits per heavy atom. The lowest BCUT2D eigenvalue weighted by Gasteiger charge is -2.00. The fraction of sp³-hybridized carbons (Fsp3) is 0.308. The third-order valence-electron chi connectivity index (χ3n) is 2.65. The molecular formula is C13H15N3OS. The number of carbonyl (C=O) groups is 1. The van der Waals surface area contributed by atoms with Crippen LogP contribution in [0.25, 0.3) is 0 Å². The van der Waals surface area contributed by atoms with Gasteiger partial charge in [0.2, 0.25) is 0 Å². The average Bonchev–Trinajstić information content (AvgIpc) is 2.88. The van der Waals surface area contributed by atoms with Crippen molar-refractivity contribution in [3.8, 4) is 0 Å². The summed E-state index contributed by atoms with van der Waals surface area (Å²) >= 11 is 1.42. The van der Waals surface area contributed by atoms with Gasteiger partial charge in [-0.05, 0) is 18.1 Å². The molecule has 2 rings (SSSR count). The smallest absolute Gasteiger partial charge is 0.187 e. The van der Waals surface area contributed by atoms with E-state index < -0.39 is 0 Å². The van der Waals surface area contributed by atoms with Crippen LogP contribution in [0.3, 0.4) is 0 Å². The second kappa shape index (κ2) is 5.84. The van der Waals surface area contributed by atoms with Crippen LogP contribution in [-0.2, 0) is 19.4 Å². The number of carbonyl (C=O) groups excluding carboxylic acids is 1. The minimum atomic E-state index is -0.0114. The van der Waals surface area contributed by atoms with Crippen LogP contribution in [0.5, 0.6) is 0 Å². The SMILES string of the molecule is CCc1ccc(CC(=O)c2csc(CN)n2)nc1. The summed E-state index contributed by atoms with van der Waals surface area (Å²) in [4.78, 5) is 20.4. The second-order valence-electron chi connectivity index (χ2n) is 3.94. The monoisotopic (exact) mass is 261 g/mol. The molecule has 0 atom stereocenters. The summed E-state index contributed by atoms with van der Waals surface area (Å²) in [5.41, 5.74) is 7.91. The lowest BCUT2D eigenvalue weighted by Crippen LogP contribution is -2.06. The Labute approximate surface area is 110 Å². The molecule has 0 aliphatic rings. The molecule has 0 spiro atoms. The largest absolute Gasteiger partial charge is 0.325 e. The first-order valence-electron chi connectivity index (χ1n) is 5.84. The van der Waals surface area contributed by atoms with E-state index in [0.29, 0.717) is 12.2 Å². The van der Waals surface area contributed by atoms with Gasteiger partial charge in [-0.1, -0.05) is 13.0 Å². The molecular weight excluding hydrogens is 246 g/mol. The summed E-state index contributed by atoms with van der Waals surface area (Å²) < 4.78 is 0. The Morgan fingerprint density at radius 1 is 1.44 bits per heavy atom. The molecule has 0 bridgehead atoms. The highest BCUT2D eigenvalue weighted by molar-refractivity contribution is 7.09. The van der Waals surface area contributed by atoms with E-state index in [1.54, 1.807) is 5.38 Å². The lowest BCUT2D eigenvalue weighted by atomic mass is 10.1. The quantitative estimate of drug-likeness (QED) is 0.836. The number of rotatable bonds is 5. The maximum atomic E-state index is 12.0. The number of aryl methyl sites for hydroxylation is 1. The van der Waals surface area contributed by atoms with Gasteiger partial charge in [-0.25, -0.2) is 4.98 Å². The van der Waals surface area contributed by atoms with Crippen LogP contribution in [-0.4, -0.2) is 15.8 Å². The van der Waals surface area contributed by atoms with E-state index >= 15 is 0 Å². The van der Waals surface area contributed by atoms with Crippen molar-refractivity contribution in [2.45, 2.75) is 26.3 Å². The van der Waals surface area contributed by atoms with Crippen LogP contribution in [0, 0.1) is 0 Å². The first-order chi connectivity index (χ1) is 8.72. The van der Waals surface area contributed by atoms with E-state index in [1.807, 2.05) is 18.3 Å². The number of nitrogens with two attached hydrogens (primary N) is 1. The molecule has 0 saturated heterocycles. The third-order valence-corrected chi connectivity index (χ3v) is 3.52. The molecule has 0 radical (unpaired) electrons. The van der Waals surface area contributed by atoms with E-state index in [4.69, 9.17) is 5.73 Å². The molecule has 2 N–H and O–H groups in total. The average molecular weight is 261 g/mol. The van der Waals surface area contributed by atoms with Gasteiger partial charge in [-0.3, -0.25) is 9.78 Å². The molecule has 2 aromatic heterocycles. The molecule has 0 aromatic carbocycles. The fourth-order valence-corrected chi connectivity index (χ4v) is 2.24. The zero-order chi connectivity index (χ0) is 13.0. The predicted octanol–water partition coefficient (Wildman–Crippen LogP) is 1.98. The molecule has 0 saturated carbocycles. The molecule has 2 aromatic rings. The molecule has 4 nitrogen and oxygen atoms in total. The van der Waals surface area contributed by atoms with Crippen molar-refractivity contribution in [2.75, 3.05) is 0 Å². The molecule has 18 heavy (non-hydrogen) atoms. The number of ketones is 1. The standard InChI is InChI=1S/C13H15N3OS/c1-2-9-3-4-10(15-7-9)5-12(17)11-8-18-13(6-14)16-11/h3-4,7-8H,2,5-6,14H2,1H3. The van der Waals surface area contributed by atoms with Crippen LogP contribution in [0.15, 0.2) is 23.7 Å². The Balaban J connectivity index is 2.06. The van der Waals surface area contributed by atoms with Crippen molar-refractivity contribution in [1.82, 2.24) is 9.97 Å². The summed E-state index contributed by atoms with van der Waals surface area (Å²) in [7, 11) is 0. The van der Waals surface area contributed by atoms with Crippen molar-refractivity contribution in [1.29, 1.82) is 0 Å². The molecule has 0 amide bonds. The zero-order valence-electron chi connectivity index (χ0n) is 10.2. The van der Waals surface area contributed by atoms with E-state index in [0.717, 1.165) is 17.1 Å². The number of hydrogen-bond donors (Lipinski definition) is 1. The Hall–Kier alpha value is -1.59. The number of thiazole rings is 1. The number of hydrogen-bond acceptors (Lipinski definition) is 5. The molecule has 94 valence electrons. The molecule has 5 heteroatoms. The normalized spacial score (nSPS) is 10.6. The maximum Gasteiger partial charge on any atom is 0.187 e. The van der Waals surface area contributed by atoms with Crippen LogP contribution >= 0.6 is 11.3 Å². The van der Waals surface area contributed by atoms with Crippen molar-refractivity contribution < 1.29 is 4.79 Å². The Kier molecular flexibility index (Phi) is 4.17. The van der Waals surface area contributed by atoms with Crippen LogP contribution in [0.2, 0.25) is 0 Å². The lowest BCUT2D eigenvalue weighted by molar-refractivity contribution is 0.0987. The summed E-state index contributed by atoms with van der Waals surface area (Å²) in [5.74, 6) is -0.0114. The van der Waals surface area contributed by atoms with Gasteiger partial charge >= 0.3 is 0 Å². The molecule has 0 unspecified atom stereocenters. The fourth-order valence-electron chi connectivity index (χ4n) is 1.56. The van der Waals surface area contributed by atoms with Gasteiger partial charge in [0.15, 0.2) is 5.78 Å².